The van der Waals surface area contributed by atoms with Gasteiger partial charge in [-0.25, -0.2) is 9.59 Å². The average Bonchev–Trinajstić information content (AvgIpc) is 2.94. The molecular weight excluding hydrogens is 212 g/mol. The lowest BCUT2D eigenvalue weighted by molar-refractivity contribution is -0.160. The van der Waals surface area contributed by atoms with Gasteiger partial charge < -0.3 is 14.6 Å². The van der Waals surface area contributed by atoms with Gasteiger partial charge in [0.2, 0.25) is 5.60 Å². The number of hydrogen-bond donors (Lipinski definition) is 1. The predicted molar refractivity (Wildman–Crippen MR) is 55.3 cm³/mol. The highest BCUT2D eigenvalue weighted by Gasteiger charge is 2.68. The molecule has 1 aliphatic rings. The first-order valence-electron chi connectivity index (χ1n) is 4.99. The number of esters is 1. The van der Waals surface area contributed by atoms with Crippen LogP contribution in [0.5, 0.6) is 0 Å². The van der Waals surface area contributed by atoms with Crippen LogP contribution in [0.4, 0.5) is 0 Å². The van der Waals surface area contributed by atoms with Gasteiger partial charge in [0, 0.05) is 6.61 Å². The Labute approximate surface area is 93.3 Å². The molecule has 0 aromatic heterocycles. The molecule has 5 heteroatoms. The number of hydrogen-bond acceptors (Lipinski definition) is 5. The van der Waals surface area contributed by atoms with Crippen LogP contribution in [-0.4, -0.2) is 42.4 Å². The molecule has 1 fully saturated rings. The van der Waals surface area contributed by atoms with E-state index in [0.717, 1.165) is 0 Å². The molecule has 1 saturated carbocycles. The molecule has 0 bridgehead atoms. The molecule has 5 nitrogen and oxygen atoms in total. The minimum Gasteiger partial charge on any atom is -0.461 e. The van der Waals surface area contributed by atoms with Crippen LogP contribution in [0.25, 0.3) is 0 Å². The van der Waals surface area contributed by atoms with E-state index in [1.54, 1.807) is 12.9 Å². The summed E-state index contributed by atoms with van der Waals surface area (Å²) in [7, 11) is 0. The lowest BCUT2D eigenvalue weighted by Crippen LogP contribution is -2.32. The Morgan fingerprint density at radius 3 is 2.81 bits per heavy atom. The molecule has 0 heterocycles. The fourth-order valence-corrected chi connectivity index (χ4v) is 1.69. The molecule has 1 N–H and O–H groups in total. The monoisotopic (exact) mass is 226 g/mol. The van der Waals surface area contributed by atoms with Crippen LogP contribution in [0.15, 0.2) is 18.2 Å². The highest BCUT2D eigenvalue weighted by atomic mass is 16.6. The molecular formula is C11H14O5. The van der Waals surface area contributed by atoms with E-state index >= 15 is 0 Å². The average molecular weight is 226 g/mol. The van der Waals surface area contributed by atoms with Gasteiger partial charge in [0.05, 0.1) is 18.1 Å². The van der Waals surface area contributed by atoms with Gasteiger partial charge >= 0.3 is 5.97 Å². The Hall–Kier alpha value is -1.42. The zero-order valence-electron chi connectivity index (χ0n) is 9.06. The second-order valence-electron chi connectivity index (χ2n) is 3.26. The zero-order valence-corrected chi connectivity index (χ0v) is 9.06. The van der Waals surface area contributed by atoms with Crippen molar-refractivity contribution in [1.29, 1.82) is 0 Å². The van der Waals surface area contributed by atoms with Crippen molar-refractivity contribution in [2.75, 3.05) is 19.8 Å². The quantitative estimate of drug-likeness (QED) is 0.388. The van der Waals surface area contributed by atoms with Crippen molar-refractivity contribution in [1.82, 2.24) is 0 Å². The van der Waals surface area contributed by atoms with Crippen molar-refractivity contribution >= 4 is 11.9 Å². The van der Waals surface area contributed by atoms with Crippen LogP contribution in [0.1, 0.15) is 6.92 Å². The second-order valence-corrected chi connectivity index (χ2v) is 3.26. The van der Waals surface area contributed by atoms with Crippen LogP contribution in [0.3, 0.4) is 0 Å². The molecule has 0 radical (unpaired) electrons. The summed E-state index contributed by atoms with van der Waals surface area (Å²) in [5, 5.41) is 8.56. The Balaban J connectivity index is 2.87. The van der Waals surface area contributed by atoms with E-state index in [9.17, 15) is 9.59 Å². The summed E-state index contributed by atoms with van der Waals surface area (Å²) in [6, 6.07) is 0. The maximum atomic E-state index is 11.7. The first-order chi connectivity index (χ1) is 7.68. The Kier molecular flexibility index (Phi) is 4.01. The Morgan fingerprint density at radius 2 is 2.44 bits per heavy atom. The summed E-state index contributed by atoms with van der Waals surface area (Å²) in [6.07, 6.45) is 1.45. The first kappa shape index (κ1) is 12.6. The van der Waals surface area contributed by atoms with Crippen LogP contribution in [0.2, 0.25) is 0 Å². The zero-order chi connectivity index (χ0) is 12.2. The minimum atomic E-state index is -1.35. The fraction of sp³-hybridized carbons (Fsp3) is 0.545. The van der Waals surface area contributed by atoms with Crippen molar-refractivity contribution in [3.63, 3.8) is 0 Å². The largest absolute Gasteiger partial charge is 0.461 e. The molecule has 0 amide bonds. The molecule has 0 spiro atoms. The summed E-state index contributed by atoms with van der Waals surface area (Å²) < 4.78 is 10.1. The van der Waals surface area contributed by atoms with Gasteiger partial charge in [-0.1, -0.05) is 6.08 Å². The van der Waals surface area contributed by atoms with E-state index in [2.05, 4.69) is 6.58 Å². The van der Waals surface area contributed by atoms with Crippen molar-refractivity contribution < 1.29 is 24.2 Å². The number of rotatable bonds is 6. The lowest BCUT2D eigenvalue weighted by atomic mass is 10.2. The second kappa shape index (κ2) is 5.07. The summed E-state index contributed by atoms with van der Waals surface area (Å²) in [4.78, 5) is 22.4. The maximum Gasteiger partial charge on any atom is 0.344 e. The molecule has 1 aliphatic carbocycles. The third kappa shape index (κ3) is 1.80. The Morgan fingerprint density at radius 1 is 1.75 bits per heavy atom. The van der Waals surface area contributed by atoms with Gasteiger partial charge in [0.25, 0.3) is 0 Å². The molecule has 0 aromatic rings. The lowest BCUT2D eigenvalue weighted by Gasteiger charge is -2.14. The number of ether oxygens (including phenoxy) is 2. The van der Waals surface area contributed by atoms with Gasteiger partial charge in [-0.3, -0.25) is 0 Å². The van der Waals surface area contributed by atoms with E-state index in [1.807, 2.05) is 0 Å². The highest BCUT2D eigenvalue weighted by Crippen LogP contribution is 2.53. The van der Waals surface area contributed by atoms with E-state index in [1.165, 1.54) is 6.08 Å². The van der Waals surface area contributed by atoms with Gasteiger partial charge in [-0.05, 0) is 6.92 Å². The molecule has 88 valence electrons. The smallest absolute Gasteiger partial charge is 0.344 e. The maximum absolute atomic E-state index is 11.7. The first-order valence-corrected chi connectivity index (χ1v) is 4.99. The summed E-state index contributed by atoms with van der Waals surface area (Å²) in [6.45, 7) is 5.11. The minimum absolute atomic E-state index is 0.121. The number of carbonyl (C=O) groups is 1. The van der Waals surface area contributed by atoms with Crippen LogP contribution in [0, 0.1) is 5.92 Å². The van der Waals surface area contributed by atoms with Crippen LogP contribution >= 0.6 is 0 Å². The molecule has 0 aliphatic heterocycles. The summed E-state index contributed by atoms with van der Waals surface area (Å²) >= 11 is 0. The number of aliphatic hydroxyl groups excluding tert-OH is 1. The third-order valence-electron chi connectivity index (χ3n) is 2.41. The van der Waals surface area contributed by atoms with Gasteiger partial charge in [0.15, 0.2) is 0 Å². The molecule has 0 aromatic carbocycles. The van der Waals surface area contributed by atoms with E-state index in [0.29, 0.717) is 0 Å². The van der Waals surface area contributed by atoms with Crippen LogP contribution in [-0.2, 0) is 19.1 Å². The van der Waals surface area contributed by atoms with Crippen molar-refractivity contribution in [2.45, 2.75) is 12.5 Å². The highest BCUT2D eigenvalue weighted by molar-refractivity contribution is 5.96. The number of carbonyl (C=O) groups excluding carboxylic acids is 2. The SMILES string of the molecule is C=CC1C(=C=O)C1(OCC)C(=O)OCCO. The molecule has 2 atom stereocenters. The molecule has 16 heavy (non-hydrogen) atoms. The van der Waals surface area contributed by atoms with Crippen LogP contribution < -0.4 is 0 Å². The van der Waals surface area contributed by atoms with Gasteiger partial charge in [-0.2, -0.15) is 0 Å². The van der Waals surface area contributed by atoms with E-state index in [4.69, 9.17) is 14.6 Å². The normalized spacial score (nSPS) is 27.1. The molecule has 2 unspecified atom stereocenters. The fourth-order valence-electron chi connectivity index (χ4n) is 1.69. The van der Waals surface area contributed by atoms with E-state index < -0.39 is 17.5 Å². The van der Waals surface area contributed by atoms with Gasteiger partial charge in [0.1, 0.15) is 12.5 Å². The van der Waals surface area contributed by atoms with Crippen molar-refractivity contribution in [3.8, 4) is 0 Å². The Bertz CT molecular complexity index is 342. The number of aliphatic hydroxyl groups is 1. The standard InChI is InChI=1S/C11H14O5/c1-3-8-9(7-13)11(8,16-4-2)10(14)15-6-5-12/h3,8,12H,1,4-6H2,2H3. The van der Waals surface area contributed by atoms with E-state index in [-0.39, 0.29) is 25.4 Å². The van der Waals surface area contributed by atoms with Gasteiger partial charge in [-0.15, -0.1) is 6.58 Å². The topological polar surface area (TPSA) is 72.8 Å². The summed E-state index contributed by atoms with van der Waals surface area (Å²) in [5.41, 5.74) is -1.15. The van der Waals surface area contributed by atoms with Crippen molar-refractivity contribution in [3.05, 3.63) is 18.2 Å². The third-order valence-corrected chi connectivity index (χ3v) is 2.41. The molecule has 1 rings (SSSR count). The van der Waals surface area contributed by atoms with Crippen molar-refractivity contribution in [2.24, 2.45) is 5.92 Å². The summed E-state index contributed by atoms with van der Waals surface area (Å²) in [5.74, 6) is 0.530. The molecule has 0 saturated heterocycles. The predicted octanol–water partition coefficient (Wildman–Crippen LogP) is -0.129.